The quantitative estimate of drug-likeness (QED) is 0.737. The first-order valence-electron chi connectivity index (χ1n) is 6.82. The topological polar surface area (TPSA) is 34.2 Å². The first-order chi connectivity index (χ1) is 10.0. The third kappa shape index (κ3) is 4.28. The van der Waals surface area contributed by atoms with Gasteiger partial charge in [-0.25, -0.2) is 4.98 Å². The van der Waals surface area contributed by atoms with Crippen LogP contribution in [0, 0.1) is 13.8 Å². The molecule has 0 fully saturated rings. The Bertz CT molecular complexity index is 644. The van der Waals surface area contributed by atoms with Gasteiger partial charge in [0.25, 0.3) is 0 Å². The zero-order valence-corrected chi connectivity index (χ0v) is 15.5. The molecule has 112 valence electrons. The van der Waals surface area contributed by atoms with E-state index in [4.69, 9.17) is 4.74 Å². The fraction of sp³-hybridized carbons (Fsp3) is 0.312. The molecule has 2 rings (SSSR count). The van der Waals surface area contributed by atoms with Crippen LogP contribution in [0.3, 0.4) is 0 Å². The SMILES string of the molecule is CCNCc1c(C)cc(C)nc1Oc1ccc(Br)cc1Br. The Morgan fingerprint density at radius 3 is 2.62 bits per heavy atom. The molecule has 1 aromatic heterocycles. The van der Waals surface area contributed by atoms with Gasteiger partial charge in [-0.05, 0) is 66.2 Å². The van der Waals surface area contributed by atoms with Crippen molar-refractivity contribution in [1.29, 1.82) is 0 Å². The van der Waals surface area contributed by atoms with Gasteiger partial charge < -0.3 is 10.1 Å². The number of nitrogens with zero attached hydrogens (tertiary/aromatic N) is 1. The van der Waals surface area contributed by atoms with Crippen LogP contribution < -0.4 is 10.1 Å². The Morgan fingerprint density at radius 2 is 1.95 bits per heavy atom. The first kappa shape index (κ1) is 16.5. The summed E-state index contributed by atoms with van der Waals surface area (Å²) in [5.41, 5.74) is 3.24. The second-order valence-corrected chi connectivity index (χ2v) is 6.59. The van der Waals surface area contributed by atoms with E-state index in [2.05, 4.69) is 62.1 Å². The Kier molecular flexibility index (Phi) is 5.79. The Morgan fingerprint density at radius 1 is 1.19 bits per heavy atom. The molecule has 2 aromatic rings. The molecule has 0 aliphatic rings. The fourth-order valence-electron chi connectivity index (χ4n) is 2.04. The zero-order chi connectivity index (χ0) is 15.4. The van der Waals surface area contributed by atoms with Crippen LogP contribution in [0.5, 0.6) is 11.6 Å². The Balaban J connectivity index is 2.37. The monoisotopic (exact) mass is 412 g/mol. The minimum atomic E-state index is 0.663. The van der Waals surface area contributed by atoms with Crippen LogP contribution in [-0.4, -0.2) is 11.5 Å². The van der Waals surface area contributed by atoms with Gasteiger partial charge in [-0.2, -0.15) is 0 Å². The standard InChI is InChI=1S/C16H18Br2N2O/c1-4-19-9-13-10(2)7-11(3)20-16(13)21-15-6-5-12(17)8-14(15)18/h5-8,19H,4,9H2,1-3H3. The third-order valence-corrected chi connectivity index (χ3v) is 4.20. The normalized spacial score (nSPS) is 10.7. The summed E-state index contributed by atoms with van der Waals surface area (Å²) >= 11 is 6.96. The van der Waals surface area contributed by atoms with E-state index in [1.54, 1.807) is 0 Å². The van der Waals surface area contributed by atoms with Crippen molar-refractivity contribution in [2.75, 3.05) is 6.54 Å². The van der Waals surface area contributed by atoms with Crippen LogP contribution in [0.25, 0.3) is 0 Å². The Hall–Kier alpha value is -0.910. The molecule has 0 saturated carbocycles. The van der Waals surface area contributed by atoms with E-state index < -0.39 is 0 Å². The highest BCUT2D eigenvalue weighted by molar-refractivity contribution is 9.11. The predicted octanol–water partition coefficient (Wildman–Crippen LogP) is 5.13. The lowest BCUT2D eigenvalue weighted by atomic mass is 10.1. The summed E-state index contributed by atoms with van der Waals surface area (Å²) < 4.78 is 7.93. The number of hydrogen-bond acceptors (Lipinski definition) is 3. The van der Waals surface area contributed by atoms with Crippen LogP contribution in [-0.2, 0) is 6.54 Å². The third-order valence-electron chi connectivity index (χ3n) is 3.09. The van der Waals surface area contributed by atoms with Crippen molar-refractivity contribution in [2.24, 2.45) is 0 Å². The van der Waals surface area contributed by atoms with Gasteiger partial charge >= 0.3 is 0 Å². The summed E-state index contributed by atoms with van der Waals surface area (Å²) in [6.07, 6.45) is 0. The van der Waals surface area contributed by atoms with Crippen molar-refractivity contribution in [3.8, 4) is 11.6 Å². The molecule has 0 bridgehead atoms. The average Bonchev–Trinajstić information content (AvgIpc) is 2.41. The van der Waals surface area contributed by atoms with Gasteiger partial charge in [-0.15, -0.1) is 0 Å². The predicted molar refractivity (Wildman–Crippen MR) is 93.0 cm³/mol. The van der Waals surface area contributed by atoms with Crippen molar-refractivity contribution in [1.82, 2.24) is 10.3 Å². The van der Waals surface area contributed by atoms with Gasteiger partial charge in [0.1, 0.15) is 5.75 Å². The highest BCUT2D eigenvalue weighted by atomic mass is 79.9. The average molecular weight is 414 g/mol. The number of halogens is 2. The van der Waals surface area contributed by atoms with Gasteiger partial charge in [0.2, 0.25) is 5.88 Å². The van der Waals surface area contributed by atoms with Gasteiger partial charge in [0.15, 0.2) is 0 Å². The summed E-state index contributed by atoms with van der Waals surface area (Å²) in [5.74, 6) is 1.42. The molecule has 0 atom stereocenters. The number of pyridine rings is 1. The molecule has 0 unspecified atom stereocenters. The van der Waals surface area contributed by atoms with Gasteiger partial charge in [0, 0.05) is 22.3 Å². The maximum atomic E-state index is 6.04. The first-order valence-corrected chi connectivity index (χ1v) is 8.40. The van der Waals surface area contributed by atoms with E-state index in [1.807, 2.05) is 25.1 Å². The van der Waals surface area contributed by atoms with Crippen LogP contribution in [0.4, 0.5) is 0 Å². The second kappa shape index (κ2) is 7.38. The van der Waals surface area contributed by atoms with E-state index in [0.717, 1.165) is 39.0 Å². The minimum Gasteiger partial charge on any atom is -0.437 e. The number of aryl methyl sites for hydroxylation is 2. The smallest absolute Gasteiger partial charge is 0.224 e. The molecule has 0 aliphatic heterocycles. The van der Waals surface area contributed by atoms with Gasteiger partial charge in [-0.3, -0.25) is 0 Å². The van der Waals surface area contributed by atoms with Crippen molar-refractivity contribution in [2.45, 2.75) is 27.3 Å². The van der Waals surface area contributed by atoms with E-state index in [1.165, 1.54) is 5.56 Å². The van der Waals surface area contributed by atoms with Crippen molar-refractivity contribution in [3.05, 3.63) is 50.0 Å². The molecular formula is C16H18Br2N2O. The second-order valence-electron chi connectivity index (χ2n) is 4.82. The van der Waals surface area contributed by atoms with E-state index in [9.17, 15) is 0 Å². The largest absolute Gasteiger partial charge is 0.437 e. The van der Waals surface area contributed by atoms with Crippen LogP contribution in [0.15, 0.2) is 33.2 Å². The molecule has 0 spiro atoms. The summed E-state index contributed by atoms with van der Waals surface area (Å²) in [6.45, 7) is 7.81. The molecule has 1 N–H and O–H groups in total. The number of hydrogen-bond donors (Lipinski definition) is 1. The van der Waals surface area contributed by atoms with Crippen molar-refractivity contribution in [3.63, 3.8) is 0 Å². The van der Waals surface area contributed by atoms with E-state index >= 15 is 0 Å². The van der Waals surface area contributed by atoms with Gasteiger partial charge in [0.05, 0.1) is 4.47 Å². The molecule has 1 aromatic carbocycles. The zero-order valence-electron chi connectivity index (χ0n) is 12.3. The molecule has 5 heteroatoms. The van der Waals surface area contributed by atoms with Crippen molar-refractivity contribution >= 4 is 31.9 Å². The lowest BCUT2D eigenvalue weighted by Gasteiger charge is -2.15. The molecule has 0 aliphatic carbocycles. The lowest BCUT2D eigenvalue weighted by molar-refractivity contribution is 0.448. The summed E-state index contributed by atoms with van der Waals surface area (Å²) in [6, 6.07) is 7.91. The molecule has 0 saturated heterocycles. The number of rotatable bonds is 5. The lowest BCUT2D eigenvalue weighted by Crippen LogP contribution is -2.14. The maximum absolute atomic E-state index is 6.04. The van der Waals surface area contributed by atoms with Crippen LogP contribution in [0.1, 0.15) is 23.7 Å². The summed E-state index contributed by atoms with van der Waals surface area (Å²) in [4.78, 5) is 4.55. The van der Waals surface area contributed by atoms with Crippen LogP contribution in [0.2, 0.25) is 0 Å². The number of benzene rings is 1. The highest BCUT2D eigenvalue weighted by Gasteiger charge is 2.12. The van der Waals surface area contributed by atoms with Crippen LogP contribution >= 0.6 is 31.9 Å². The molecule has 0 amide bonds. The molecular weight excluding hydrogens is 396 g/mol. The molecule has 0 radical (unpaired) electrons. The Labute approximate surface area is 142 Å². The van der Waals surface area contributed by atoms with E-state index in [-0.39, 0.29) is 0 Å². The number of aromatic nitrogens is 1. The fourth-order valence-corrected chi connectivity index (χ4v) is 3.17. The van der Waals surface area contributed by atoms with Gasteiger partial charge in [-0.1, -0.05) is 22.9 Å². The number of ether oxygens (including phenoxy) is 1. The maximum Gasteiger partial charge on any atom is 0.224 e. The molecule has 1 heterocycles. The highest BCUT2D eigenvalue weighted by Crippen LogP contribution is 2.33. The number of nitrogens with one attached hydrogen (secondary N) is 1. The summed E-state index contributed by atoms with van der Waals surface area (Å²) in [5, 5.41) is 3.34. The summed E-state index contributed by atoms with van der Waals surface area (Å²) in [7, 11) is 0. The minimum absolute atomic E-state index is 0.663. The molecule has 3 nitrogen and oxygen atoms in total. The van der Waals surface area contributed by atoms with Crippen molar-refractivity contribution < 1.29 is 4.74 Å². The van der Waals surface area contributed by atoms with E-state index in [0.29, 0.717) is 5.88 Å². The molecule has 21 heavy (non-hydrogen) atoms.